The van der Waals surface area contributed by atoms with Gasteiger partial charge in [0, 0.05) is 10.5 Å². The predicted octanol–water partition coefficient (Wildman–Crippen LogP) is 2.55. The van der Waals surface area contributed by atoms with Gasteiger partial charge in [-0.1, -0.05) is 28.1 Å². The molecule has 0 aromatic heterocycles. The lowest BCUT2D eigenvalue weighted by atomic mass is 10.1. The molecule has 1 fully saturated rings. The van der Waals surface area contributed by atoms with Crippen LogP contribution in [0.4, 0.5) is 0 Å². The van der Waals surface area contributed by atoms with Gasteiger partial charge < -0.3 is 0 Å². The lowest BCUT2D eigenvalue weighted by molar-refractivity contribution is 0.577. The zero-order valence-electron chi connectivity index (χ0n) is 6.93. The Hall–Kier alpha value is -0.0900. The maximum Gasteiger partial charge on any atom is 0.0970 e. The summed E-state index contributed by atoms with van der Waals surface area (Å²) in [5.41, 5.74) is 7.43. The van der Waals surface area contributed by atoms with Crippen molar-refractivity contribution in [1.82, 2.24) is 10.9 Å². The van der Waals surface area contributed by atoms with E-state index in [0.29, 0.717) is 6.04 Å². The van der Waals surface area contributed by atoms with Gasteiger partial charge >= 0.3 is 0 Å². The average Bonchev–Trinajstić information content (AvgIpc) is 2.53. The summed E-state index contributed by atoms with van der Waals surface area (Å²) < 4.78 is 1.10. The molecule has 0 spiro atoms. The molecule has 2 rings (SSSR count). The van der Waals surface area contributed by atoms with E-state index in [-0.39, 0.29) is 5.50 Å². The third-order valence-electron chi connectivity index (χ3n) is 2.13. The van der Waals surface area contributed by atoms with E-state index in [1.807, 2.05) is 12.1 Å². The summed E-state index contributed by atoms with van der Waals surface area (Å²) >= 11 is 9.31. The molecular formula is C9H10BrClN2. The number of rotatable bonds is 1. The molecule has 1 heterocycles. The first-order valence-electron chi connectivity index (χ1n) is 4.16. The van der Waals surface area contributed by atoms with Crippen LogP contribution in [0.3, 0.4) is 0 Å². The van der Waals surface area contributed by atoms with E-state index in [0.717, 1.165) is 10.9 Å². The van der Waals surface area contributed by atoms with Crippen molar-refractivity contribution in [2.75, 3.05) is 0 Å². The molecule has 0 saturated carbocycles. The highest BCUT2D eigenvalue weighted by Gasteiger charge is 2.22. The number of hydrazine groups is 1. The zero-order valence-corrected chi connectivity index (χ0v) is 9.27. The zero-order chi connectivity index (χ0) is 9.26. The van der Waals surface area contributed by atoms with Crippen LogP contribution in [0, 0.1) is 0 Å². The van der Waals surface area contributed by atoms with Gasteiger partial charge in [-0.15, -0.1) is 11.6 Å². The summed E-state index contributed by atoms with van der Waals surface area (Å²) in [6.45, 7) is 0. The van der Waals surface area contributed by atoms with Gasteiger partial charge in [0.2, 0.25) is 0 Å². The van der Waals surface area contributed by atoms with Crippen molar-refractivity contribution in [3.63, 3.8) is 0 Å². The topological polar surface area (TPSA) is 24.1 Å². The Morgan fingerprint density at radius 1 is 1.23 bits per heavy atom. The van der Waals surface area contributed by atoms with Gasteiger partial charge in [0.25, 0.3) is 0 Å². The normalized spacial score (nSPS) is 27.8. The molecule has 2 N–H and O–H groups in total. The highest BCUT2D eigenvalue weighted by molar-refractivity contribution is 9.10. The van der Waals surface area contributed by atoms with Gasteiger partial charge in [0.05, 0.1) is 5.50 Å². The van der Waals surface area contributed by atoms with Crippen LogP contribution >= 0.6 is 27.5 Å². The molecule has 0 amide bonds. The van der Waals surface area contributed by atoms with Crippen molar-refractivity contribution in [2.24, 2.45) is 0 Å². The Labute approximate surface area is 90.8 Å². The molecule has 0 radical (unpaired) electrons. The quantitative estimate of drug-likeness (QED) is 0.600. The van der Waals surface area contributed by atoms with Crippen molar-refractivity contribution >= 4 is 27.5 Å². The lowest BCUT2D eigenvalue weighted by Gasteiger charge is -2.08. The number of benzene rings is 1. The van der Waals surface area contributed by atoms with Crippen LogP contribution in [0.5, 0.6) is 0 Å². The van der Waals surface area contributed by atoms with Crippen molar-refractivity contribution in [3.8, 4) is 0 Å². The first kappa shape index (κ1) is 9.46. The average molecular weight is 262 g/mol. The van der Waals surface area contributed by atoms with Gasteiger partial charge in [-0.05, 0) is 24.1 Å². The lowest BCUT2D eigenvalue weighted by Crippen LogP contribution is -2.27. The minimum absolute atomic E-state index is 0.0358. The molecule has 1 aromatic carbocycles. The fraction of sp³-hybridized carbons (Fsp3) is 0.333. The first-order chi connectivity index (χ1) is 6.25. The molecule has 4 heteroatoms. The third kappa shape index (κ3) is 2.23. The minimum Gasteiger partial charge on any atom is -0.249 e. The maximum absolute atomic E-state index is 5.91. The molecule has 13 heavy (non-hydrogen) atoms. The van der Waals surface area contributed by atoms with Gasteiger partial charge in [-0.2, -0.15) is 0 Å². The van der Waals surface area contributed by atoms with E-state index in [2.05, 4.69) is 38.9 Å². The van der Waals surface area contributed by atoms with Crippen LogP contribution in [-0.4, -0.2) is 5.50 Å². The highest BCUT2D eigenvalue weighted by atomic mass is 79.9. The Kier molecular flexibility index (Phi) is 2.89. The summed E-state index contributed by atoms with van der Waals surface area (Å²) in [4.78, 5) is 0. The number of nitrogens with one attached hydrogen (secondary N) is 2. The van der Waals surface area contributed by atoms with Crippen LogP contribution in [0.15, 0.2) is 28.7 Å². The number of hydrogen-bond acceptors (Lipinski definition) is 2. The van der Waals surface area contributed by atoms with E-state index < -0.39 is 0 Å². The second kappa shape index (κ2) is 3.96. The van der Waals surface area contributed by atoms with Crippen LogP contribution in [0.2, 0.25) is 0 Å². The minimum atomic E-state index is 0.0358. The molecule has 1 aliphatic rings. The molecule has 2 nitrogen and oxygen atoms in total. The Morgan fingerprint density at radius 2 is 1.92 bits per heavy atom. The second-order valence-electron chi connectivity index (χ2n) is 3.10. The van der Waals surface area contributed by atoms with Crippen molar-refractivity contribution in [2.45, 2.75) is 18.0 Å². The van der Waals surface area contributed by atoms with E-state index in [1.54, 1.807) is 0 Å². The SMILES string of the molecule is ClC1CC(c2ccc(Br)cc2)NN1. The van der Waals surface area contributed by atoms with E-state index in [9.17, 15) is 0 Å². The maximum atomic E-state index is 5.91. The molecule has 1 aliphatic heterocycles. The molecular weight excluding hydrogens is 251 g/mol. The Bertz CT molecular complexity index is 288. The van der Waals surface area contributed by atoms with E-state index in [1.165, 1.54) is 5.56 Å². The summed E-state index contributed by atoms with van der Waals surface area (Å²) in [7, 11) is 0. The van der Waals surface area contributed by atoms with Crippen LogP contribution in [-0.2, 0) is 0 Å². The summed E-state index contributed by atoms with van der Waals surface area (Å²) in [5.74, 6) is 0. The Morgan fingerprint density at radius 3 is 2.46 bits per heavy atom. The van der Waals surface area contributed by atoms with Gasteiger partial charge in [-0.3, -0.25) is 0 Å². The summed E-state index contributed by atoms with van der Waals surface area (Å²) in [5, 5.41) is 0. The van der Waals surface area contributed by atoms with Crippen molar-refractivity contribution in [1.29, 1.82) is 0 Å². The molecule has 2 atom stereocenters. The summed E-state index contributed by atoms with van der Waals surface area (Å²) in [6, 6.07) is 8.60. The number of halogens is 2. The van der Waals surface area contributed by atoms with Crippen LogP contribution in [0.1, 0.15) is 18.0 Å². The molecule has 0 aliphatic carbocycles. The number of hydrogen-bond donors (Lipinski definition) is 2. The van der Waals surface area contributed by atoms with Crippen molar-refractivity contribution < 1.29 is 0 Å². The number of alkyl halides is 1. The fourth-order valence-corrected chi connectivity index (χ4v) is 1.94. The summed E-state index contributed by atoms with van der Waals surface area (Å²) in [6.07, 6.45) is 0.920. The van der Waals surface area contributed by atoms with Crippen LogP contribution < -0.4 is 10.9 Å². The highest BCUT2D eigenvalue weighted by Crippen LogP contribution is 2.24. The molecule has 70 valence electrons. The monoisotopic (exact) mass is 260 g/mol. The van der Waals surface area contributed by atoms with E-state index in [4.69, 9.17) is 11.6 Å². The fourth-order valence-electron chi connectivity index (χ4n) is 1.43. The second-order valence-corrected chi connectivity index (χ2v) is 4.54. The van der Waals surface area contributed by atoms with E-state index >= 15 is 0 Å². The molecule has 1 saturated heterocycles. The van der Waals surface area contributed by atoms with Crippen molar-refractivity contribution in [3.05, 3.63) is 34.3 Å². The van der Waals surface area contributed by atoms with Gasteiger partial charge in [0.1, 0.15) is 0 Å². The Balaban J connectivity index is 2.13. The first-order valence-corrected chi connectivity index (χ1v) is 5.39. The third-order valence-corrected chi connectivity index (χ3v) is 2.95. The predicted molar refractivity (Wildman–Crippen MR) is 57.4 cm³/mol. The molecule has 1 aromatic rings. The molecule has 0 bridgehead atoms. The standard InChI is InChI=1S/C9H10BrClN2/c10-7-3-1-6(2-4-7)8-5-9(11)13-12-8/h1-4,8-9,12-13H,5H2. The van der Waals surface area contributed by atoms with Gasteiger partial charge in [0.15, 0.2) is 0 Å². The van der Waals surface area contributed by atoms with Crippen LogP contribution in [0.25, 0.3) is 0 Å². The largest absolute Gasteiger partial charge is 0.249 e. The van der Waals surface area contributed by atoms with Gasteiger partial charge in [-0.25, -0.2) is 10.9 Å². The smallest absolute Gasteiger partial charge is 0.0970 e. The molecule has 2 unspecified atom stereocenters.